The highest BCUT2D eigenvalue weighted by atomic mass is 16.4. The fourth-order valence-corrected chi connectivity index (χ4v) is 4.36. The second-order valence-electron chi connectivity index (χ2n) is 8.05. The Morgan fingerprint density at radius 2 is 1.51 bits per heavy atom. The third-order valence-corrected chi connectivity index (χ3v) is 5.90. The molecule has 0 bridgehead atoms. The third kappa shape index (κ3) is 3.26. The summed E-state index contributed by atoms with van der Waals surface area (Å²) in [5.41, 5.74) is -1.75. The highest BCUT2D eigenvalue weighted by Gasteiger charge is 2.27. The molecule has 5 rings (SSSR count). The van der Waals surface area contributed by atoms with E-state index in [2.05, 4.69) is 0 Å². The van der Waals surface area contributed by atoms with Gasteiger partial charge >= 0.3 is 5.97 Å². The number of para-hydroxylation sites is 1. The van der Waals surface area contributed by atoms with Crippen LogP contribution in [0.25, 0.3) is 44.0 Å². The molecule has 1 N–H and O–H groups in total. The number of carboxylic acids is 1. The SMILES string of the molecule is CC(=O)c1cc2c(=O)c3ccccc3oc2c(C(C)=O)c1-c1coc2cccc(C(=O)O)c2c1=O. The lowest BCUT2D eigenvalue weighted by molar-refractivity contribution is 0.0698. The van der Waals surface area contributed by atoms with Gasteiger partial charge in [0.15, 0.2) is 11.6 Å². The van der Waals surface area contributed by atoms with Crippen LogP contribution in [0.1, 0.15) is 44.9 Å². The van der Waals surface area contributed by atoms with Crippen LogP contribution in [0.3, 0.4) is 0 Å². The minimum absolute atomic E-state index is 0.0132. The molecule has 0 saturated heterocycles. The number of benzene rings is 3. The molecule has 35 heavy (non-hydrogen) atoms. The number of aromatic carboxylic acids is 1. The summed E-state index contributed by atoms with van der Waals surface area (Å²) in [4.78, 5) is 64.2. The van der Waals surface area contributed by atoms with Crippen molar-refractivity contribution in [2.75, 3.05) is 0 Å². The van der Waals surface area contributed by atoms with Gasteiger partial charge in [0.25, 0.3) is 0 Å². The molecule has 5 aromatic rings. The summed E-state index contributed by atoms with van der Waals surface area (Å²) in [6.07, 6.45) is 1.08. The van der Waals surface area contributed by atoms with Crippen LogP contribution in [0.15, 0.2) is 73.2 Å². The number of hydrogen-bond acceptors (Lipinski definition) is 7. The number of ketones is 2. The number of fused-ring (bicyclic) bond motifs is 3. The van der Waals surface area contributed by atoms with Gasteiger partial charge in [-0.2, -0.15) is 0 Å². The Balaban J connectivity index is 2.03. The van der Waals surface area contributed by atoms with Crippen molar-refractivity contribution in [2.45, 2.75) is 13.8 Å². The van der Waals surface area contributed by atoms with E-state index in [0.29, 0.717) is 0 Å². The molecular formula is C27H16O8. The van der Waals surface area contributed by atoms with Gasteiger partial charge < -0.3 is 13.9 Å². The Labute approximate surface area is 196 Å². The predicted molar refractivity (Wildman–Crippen MR) is 128 cm³/mol. The molecule has 2 aromatic heterocycles. The molecule has 172 valence electrons. The largest absolute Gasteiger partial charge is 0.478 e. The van der Waals surface area contributed by atoms with Crippen molar-refractivity contribution in [1.29, 1.82) is 0 Å². The van der Waals surface area contributed by atoms with E-state index >= 15 is 0 Å². The van der Waals surface area contributed by atoms with Crippen LogP contribution in [-0.2, 0) is 0 Å². The van der Waals surface area contributed by atoms with Crippen LogP contribution in [0.2, 0.25) is 0 Å². The first-order valence-corrected chi connectivity index (χ1v) is 10.5. The van der Waals surface area contributed by atoms with Crippen molar-refractivity contribution >= 4 is 50.4 Å². The zero-order valence-corrected chi connectivity index (χ0v) is 18.5. The van der Waals surface area contributed by atoms with Crippen LogP contribution >= 0.6 is 0 Å². The first-order valence-electron chi connectivity index (χ1n) is 10.5. The zero-order chi connectivity index (χ0) is 25.0. The minimum Gasteiger partial charge on any atom is -0.478 e. The van der Waals surface area contributed by atoms with Gasteiger partial charge in [0.2, 0.25) is 10.9 Å². The van der Waals surface area contributed by atoms with Crippen molar-refractivity contribution in [2.24, 2.45) is 0 Å². The molecule has 0 saturated carbocycles. The Bertz CT molecular complexity index is 1870. The number of rotatable bonds is 4. The van der Waals surface area contributed by atoms with Gasteiger partial charge in [0, 0.05) is 11.1 Å². The van der Waals surface area contributed by atoms with Crippen LogP contribution in [0.4, 0.5) is 0 Å². The van der Waals surface area contributed by atoms with Crippen molar-refractivity contribution in [3.8, 4) is 11.1 Å². The first-order chi connectivity index (χ1) is 16.7. The van der Waals surface area contributed by atoms with E-state index in [9.17, 15) is 29.1 Å². The van der Waals surface area contributed by atoms with Crippen LogP contribution in [0.5, 0.6) is 0 Å². The maximum Gasteiger partial charge on any atom is 0.336 e. The number of carboxylic acid groups (broad SMARTS) is 1. The molecule has 0 atom stereocenters. The van der Waals surface area contributed by atoms with Crippen molar-refractivity contribution in [3.63, 3.8) is 0 Å². The molecular weight excluding hydrogens is 452 g/mol. The fraction of sp³-hybridized carbons (Fsp3) is 0.0741. The van der Waals surface area contributed by atoms with Gasteiger partial charge in [-0.05, 0) is 44.2 Å². The minimum atomic E-state index is -1.34. The van der Waals surface area contributed by atoms with Crippen LogP contribution in [0, 0.1) is 0 Å². The molecule has 0 aliphatic carbocycles. The summed E-state index contributed by atoms with van der Waals surface area (Å²) in [6, 6.07) is 11.9. The summed E-state index contributed by atoms with van der Waals surface area (Å²) in [6.45, 7) is 2.46. The normalized spacial score (nSPS) is 11.3. The van der Waals surface area contributed by atoms with Gasteiger partial charge in [0.05, 0.1) is 32.8 Å². The Kier molecular flexibility index (Phi) is 4.94. The molecule has 8 nitrogen and oxygen atoms in total. The number of Topliss-reactive ketones (excluding diaryl/α,β-unsaturated/α-hetero) is 2. The lowest BCUT2D eigenvalue weighted by Crippen LogP contribution is -2.15. The summed E-state index contributed by atoms with van der Waals surface area (Å²) >= 11 is 0. The maximum atomic E-state index is 13.6. The van der Waals surface area contributed by atoms with Gasteiger partial charge in [-0.3, -0.25) is 19.2 Å². The number of carbonyl (C=O) groups is 3. The van der Waals surface area contributed by atoms with E-state index in [-0.39, 0.29) is 60.7 Å². The molecule has 3 aromatic carbocycles. The van der Waals surface area contributed by atoms with Gasteiger partial charge in [-0.15, -0.1) is 0 Å². The van der Waals surface area contributed by atoms with E-state index in [1.165, 1.54) is 38.1 Å². The van der Waals surface area contributed by atoms with Crippen molar-refractivity contribution in [1.82, 2.24) is 0 Å². The van der Waals surface area contributed by atoms with Crippen molar-refractivity contribution in [3.05, 3.63) is 91.9 Å². The summed E-state index contributed by atoms with van der Waals surface area (Å²) < 4.78 is 11.5. The van der Waals surface area contributed by atoms with Crippen LogP contribution < -0.4 is 10.9 Å². The van der Waals surface area contributed by atoms with Crippen LogP contribution in [-0.4, -0.2) is 22.6 Å². The van der Waals surface area contributed by atoms with Gasteiger partial charge in [-0.1, -0.05) is 18.2 Å². The zero-order valence-electron chi connectivity index (χ0n) is 18.5. The first kappa shape index (κ1) is 22.0. The standard InChI is InChI=1S/C27H16O8/c1-12(28)16-10-17-24(30)14-6-3-4-8-19(14)35-26(17)21(13(2)29)22(16)18-11-34-20-9-5-7-15(27(32)33)23(20)25(18)31/h3-11H,1-2H3,(H,32,33). The highest BCUT2D eigenvalue weighted by molar-refractivity contribution is 6.17. The average molecular weight is 468 g/mol. The fourth-order valence-electron chi connectivity index (χ4n) is 4.36. The number of carbonyl (C=O) groups excluding carboxylic acids is 2. The second-order valence-corrected chi connectivity index (χ2v) is 8.05. The smallest absolute Gasteiger partial charge is 0.336 e. The monoisotopic (exact) mass is 468 g/mol. The van der Waals surface area contributed by atoms with E-state index in [4.69, 9.17) is 8.83 Å². The quantitative estimate of drug-likeness (QED) is 0.293. The lowest BCUT2D eigenvalue weighted by Gasteiger charge is -2.15. The third-order valence-electron chi connectivity index (χ3n) is 5.90. The van der Waals surface area contributed by atoms with E-state index in [1.807, 2.05) is 0 Å². The molecule has 2 heterocycles. The Morgan fingerprint density at radius 1 is 0.800 bits per heavy atom. The number of hydrogen-bond donors (Lipinski definition) is 1. The molecule has 0 aliphatic heterocycles. The van der Waals surface area contributed by atoms with E-state index in [1.54, 1.807) is 24.3 Å². The molecule has 0 unspecified atom stereocenters. The predicted octanol–water partition coefficient (Wildman–Crippen LogP) is 4.82. The highest BCUT2D eigenvalue weighted by Crippen LogP contribution is 2.35. The maximum absolute atomic E-state index is 13.6. The molecule has 0 radical (unpaired) electrons. The van der Waals surface area contributed by atoms with Gasteiger partial charge in [0.1, 0.15) is 23.0 Å². The molecule has 0 spiro atoms. The molecule has 0 amide bonds. The molecule has 0 aliphatic rings. The molecule has 8 heteroatoms. The topological polar surface area (TPSA) is 132 Å². The van der Waals surface area contributed by atoms with E-state index in [0.717, 1.165) is 6.26 Å². The second kappa shape index (κ2) is 7.88. The lowest BCUT2D eigenvalue weighted by atomic mass is 9.88. The van der Waals surface area contributed by atoms with Gasteiger partial charge in [-0.25, -0.2) is 4.79 Å². The Hall–Kier alpha value is -4.85. The molecule has 0 fully saturated rings. The summed E-state index contributed by atoms with van der Waals surface area (Å²) in [5, 5.41) is 9.67. The summed E-state index contributed by atoms with van der Waals surface area (Å²) in [5.74, 6) is -2.41. The Morgan fingerprint density at radius 3 is 2.20 bits per heavy atom. The van der Waals surface area contributed by atoms with E-state index < -0.39 is 28.4 Å². The van der Waals surface area contributed by atoms with Crippen molar-refractivity contribution < 1.29 is 28.3 Å². The average Bonchev–Trinajstić information content (AvgIpc) is 2.83. The summed E-state index contributed by atoms with van der Waals surface area (Å²) in [7, 11) is 0.